The highest BCUT2D eigenvalue weighted by atomic mass is 35.5. The molecule has 0 saturated carbocycles. The third-order valence-electron chi connectivity index (χ3n) is 2.98. The van der Waals surface area contributed by atoms with Crippen LogP contribution in [-0.2, 0) is 13.1 Å². The second-order valence-electron chi connectivity index (χ2n) is 4.44. The first kappa shape index (κ1) is 13.8. The van der Waals surface area contributed by atoms with E-state index in [1.807, 2.05) is 43.6 Å². The fourth-order valence-electron chi connectivity index (χ4n) is 2.08. The van der Waals surface area contributed by atoms with Crippen LogP contribution in [-0.4, -0.2) is 19.1 Å². The van der Waals surface area contributed by atoms with Gasteiger partial charge in [-0.25, -0.2) is 0 Å². The normalized spacial score (nSPS) is 10.5. The lowest BCUT2D eigenvalue weighted by molar-refractivity contribution is 0.802. The van der Waals surface area contributed by atoms with E-state index in [0.717, 1.165) is 35.1 Å². The lowest BCUT2D eigenvalue weighted by atomic mass is 10.1. The number of anilines is 1. The molecular weight excluding hydrogens is 258 g/mol. The molecule has 0 bridgehead atoms. The van der Waals surface area contributed by atoms with Crippen molar-refractivity contribution in [1.29, 1.82) is 0 Å². The Balaban J connectivity index is 2.23. The maximum Gasteiger partial charge on any atom is 0.0598 e. The van der Waals surface area contributed by atoms with Crippen molar-refractivity contribution in [3.8, 4) is 0 Å². The third-order valence-corrected chi connectivity index (χ3v) is 3.34. The van der Waals surface area contributed by atoms with Crippen molar-refractivity contribution in [3.63, 3.8) is 0 Å². The van der Waals surface area contributed by atoms with Crippen LogP contribution in [0.3, 0.4) is 0 Å². The van der Waals surface area contributed by atoms with E-state index in [0.29, 0.717) is 0 Å². The maximum atomic E-state index is 6.27. The summed E-state index contributed by atoms with van der Waals surface area (Å²) in [7, 11) is 3.98. The molecule has 0 aliphatic carbocycles. The highest BCUT2D eigenvalue weighted by Gasteiger charge is 2.10. The van der Waals surface area contributed by atoms with Crippen molar-refractivity contribution >= 4 is 17.3 Å². The van der Waals surface area contributed by atoms with Crippen molar-refractivity contribution in [1.82, 2.24) is 10.3 Å². The molecule has 0 unspecified atom stereocenters. The van der Waals surface area contributed by atoms with Crippen LogP contribution >= 0.6 is 11.6 Å². The van der Waals surface area contributed by atoms with Crippen molar-refractivity contribution in [2.45, 2.75) is 13.1 Å². The summed E-state index contributed by atoms with van der Waals surface area (Å²) in [5.41, 5.74) is 3.29. The van der Waals surface area contributed by atoms with E-state index in [2.05, 4.69) is 28.3 Å². The van der Waals surface area contributed by atoms with Crippen molar-refractivity contribution in [2.24, 2.45) is 0 Å². The standard InChI is InChI=1S/C15H18ClN3/c1-17-10-13-14(16)7-5-8-15(13)19(2)11-12-6-3-4-9-18-12/h3-9,17H,10-11H2,1-2H3. The molecule has 0 aliphatic heterocycles. The summed E-state index contributed by atoms with van der Waals surface area (Å²) in [6.45, 7) is 1.51. The molecule has 3 nitrogen and oxygen atoms in total. The maximum absolute atomic E-state index is 6.27. The van der Waals surface area contributed by atoms with E-state index >= 15 is 0 Å². The molecule has 0 saturated heterocycles. The highest BCUT2D eigenvalue weighted by molar-refractivity contribution is 6.31. The summed E-state index contributed by atoms with van der Waals surface area (Å²) in [5, 5.41) is 3.95. The second kappa shape index (κ2) is 6.55. The Morgan fingerprint density at radius 3 is 2.74 bits per heavy atom. The summed E-state index contributed by atoms with van der Waals surface area (Å²) in [6.07, 6.45) is 1.82. The SMILES string of the molecule is CNCc1c(Cl)cccc1N(C)Cc1ccccn1. The number of hydrogen-bond acceptors (Lipinski definition) is 3. The minimum atomic E-state index is 0.752. The minimum Gasteiger partial charge on any atom is -0.368 e. The number of aromatic nitrogens is 1. The number of nitrogens with zero attached hydrogens (tertiary/aromatic N) is 2. The van der Waals surface area contributed by atoms with E-state index in [9.17, 15) is 0 Å². The average Bonchev–Trinajstić information content (AvgIpc) is 2.42. The monoisotopic (exact) mass is 275 g/mol. The number of hydrogen-bond donors (Lipinski definition) is 1. The zero-order valence-corrected chi connectivity index (χ0v) is 12.0. The van der Waals surface area contributed by atoms with Gasteiger partial charge in [-0.3, -0.25) is 4.98 Å². The number of benzene rings is 1. The summed E-state index contributed by atoms with van der Waals surface area (Å²) < 4.78 is 0. The predicted molar refractivity (Wildman–Crippen MR) is 80.6 cm³/mol. The van der Waals surface area contributed by atoms with Gasteiger partial charge in [0.15, 0.2) is 0 Å². The fourth-order valence-corrected chi connectivity index (χ4v) is 2.31. The first-order chi connectivity index (χ1) is 9.22. The lowest BCUT2D eigenvalue weighted by Gasteiger charge is -2.23. The van der Waals surface area contributed by atoms with Gasteiger partial charge in [-0.2, -0.15) is 0 Å². The summed E-state index contributed by atoms with van der Waals surface area (Å²) in [4.78, 5) is 6.52. The zero-order valence-electron chi connectivity index (χ0n) is 11.2. The van der Waals surface area contributed by atoms with Crippen LogP contribution < -0.4 is 10.2 Å². The van der Waals surface area contributed by atoms with E-state index < -0.39 is 0 Å². The van der Waals surface area contributed by atoms with E-state index in [4.69, 9.17) is 11.6 Å². The van der Waals surface area contributed by atoms with Crippen molar-refractivity contribution in [2.75, 3.05) is 19.0 Å². The zero-order chi connectivity index (χ0) is 13.7. The third kappa shape index (κ3) is 3.46. The fraction of sp³-hybridized carbons (Fsp3) is 0.267. The minimum absolute atomic E-state index is 0.752. The smallest absolute Gasteiger partial charge is 0.0598 e. The van der Waals surface area contributed by atoms with Gasteiger partial charge in [-0.15, -0.1) is 0 Å². The van der Waals surface area contributed by atoms with Crippen LogP contribution in [0.4, 0.5) is 5.69 Å². The van der Waals surface area contributed by atoms with Gasteiger partial charge in [0.1, 0.15) is 0 Å². The molecule has 2 aromatic rings. The molecule has 0 fully saturated rings. The quantitative estimate of drug-likeness (QED) is 0.909. The first-order valence-electron chi connectivity index (χ1n) is 6.25. The Hall–Kier alpha value is -1.58. The van der Waals surface area contributed by atoms with Gasteiger partial charge >= 0.3 is 0 Å². The molecule has 100 valence electrons. The Morgan fingerprint density at radius 2 is 2.05 bits per heavy atom. The molecule has 19 heavy (non-hydrogen) atoms. The van der Waals surface area contributed by atoms with Gasteiger partial charge in [0.2, 0.25) is 0 Å². The molecule has 1 heterocycles. The summed E-state index contributed by atoms with van der Waals surface area (Å²) in [5.74, 6) is 0. The molecule has 1 aromatic carbocycles. The molecule has 0 atom stereocenters. The summed E-state index contributed by atoms with van der Waals surface area (Å²) >= 11 is 6.27. The molecule has 0 radical (unpaired) electrons. The van der Waals surface area contributed by atoms with Crippen LogP contribution in [0.5, 0.6) is 0 Å². The van der Waals surface area contributed by atoms with Crippen LogP contribution in [0.2, 0.25) is 5.02 Å². The first-order valence-corrected chi connectivity index (χ1v) is 6.63. The van der Waals surface area contributed by atoms with Crippen LogP contribution in [0.1, 0.15) is 11.3 Å². The van der Waals surface area contributed by atoms with Crippen LogP contribution in [0, 0.1) is 0 Å². The van der Waals surface area contributed by atoms with E-state index in [-0.39, 0.29) is 0 Å². The van der Waals surface area contributed by atoms with Gasteiger partial charge in [0.05, 0.1) is 12.2 Å². The molecule has 1 aromatic heterocycles. The Morgan fingerprint density at radius 1 is 1.21 bits per heavy atom. The van der Waals surface area contributed by atoms with Gasteiger partial charge in [-0.05, 0) is 31.3 Å². The van der Waals surface area contributed by atoms with Gasteiger partial charge in [-0.1, -0.05) is 23.7 Å². The molecule has 2 rings (SSSR count). The molecular formula is C15H18ClN3. The number of nitrogens with one attached hydrogen (secondary N) is 1. The molecule has 0 aliphatic rings. The van der Waals surface area contributed by atoms with Gasteiger partial charge < -0.3 is 10.2 Å². The Labute approximate surface area is 119 Å². The van der Waals surface area contributed by atoms with Crippen molar-refractivity contribution in [3.05, 3.63) is 58.9 Å². The van der Waals surface area contributed by atoms with Crippen LogP contribution in [0.25, 0.3) is 0 Å². The highest BCUT2D eigenvalue weighted by Crippen LogP contribution is 2.27. The lowest BCUT2D eigenvalue weighted by Crippen LogP contribution is -2.20. The summed E-state index contributed by atoms with van der Waals surface area (Å²) in [6, 6.07) is 11.9. The Kier molecular flexibility index (Phi) is 4.77. The van der Waals surface area contributed by atoms with Gasteiger partial charge in [0, 0.05) is 36.1 Å². The predicted octanol–water partition coefficient (Wildman–Crippen LogP) is 3.09. The topological polar surface area (TPSA) is 28.2 Å². The largest absolute Gasteiger partial charge is 0.368 e. The molecule has 1 N–H and O–H groups in total. The average molecular weight is 276 g/mol. The second-order valence-corrected chi connectivity index (χ2v) is 4.85. The Bertz CT molecular complexity index is 528. The number of pyridine rings is 1. The van der Waals surface area contributed by atoms with E-state index in [1.54, 1.807) is 0 Å². The molecule has 4 heteroatoms. The van der Waals surface area contributed by atoms with E-state index in [1.165, 1.54) is 0 Å². The van der Waals surface area contributed by atoms with Crippen LogP contribution in [0.15, 0.2) is 42.6 Å². The molecule has 0 amide bonds. The van der Waals surface area contributed by atoms with Crippen molar-refractivity contribution < 1.29 is 0 Å². The molecule has 0 spiro atoms. The number of rotatable bonds is 5. The number of halogens is 1. The van der Waals surface area contributed by atoms with Gasteiger partial charge in [0.25, 0.3) is 0 Å².